The number of thioether (sulfide) groups is 1. The summed E-state index contributed by atoms with van der Waals surface area (Å²) >= 11 is 1.44. The van der Waals surface area contributed by atoms with Gasteiger partial charge in [-0.15, -0.1) is 10.2 Å². The summed E-state index contributed by atoms with van der Waals surface area (Å²) in [5.41, 5.74) is 2.20. The maximum atomic E-state index is 12.1. The van der Waals surface area contributed by atoms with Crippen LogP contribution >= 0.6 is 11.8 Å². The average Bonchev–Trinajstić information content (AvgIpc) is 3.29. The lowest BCUT2D eigenvalue weighted by Gasteiger charge is -2.12. The van der Waals surface area contributed by atoms with E-state index in [0.717, 1.165) is 35.3 Å². The first-order valence-corrected chi connectivity index (χ1v) is 10.5. The number of methoxy groups -OCH3 is 1. The van der Waals surface area contributed by atoms with Gasteiger partial charge in [-0.05, 0) is 43.2 Å². The molecule has 0 spiro atoms. The van der Waals surface area contributed by atoms with E-state index >= 15 is 0 Å². The van der Waals surface area contributed by atoms with Gasteiger partial charge in [0.15, 0.2) is 11.0 Å². The average molecular weight is 410 g/mol. The summed E-state index contributed by atoms with van der Waals surface area (Å²) in [6, 6.07) is 18.1. The Hall–Kier alpha value is -2.80. The molecular weight excluding hydrogens is 386 g/mol. The first-order chi connectivity index (χ1) is 14.1. The quantitative estimate of drug-likeness (QED) is 0.550. The summed E-state index contributed by atoms with van der Waals surface area (Å²) in [4.78, 5) is 12.1. The molecule has 7 heteroatoms. The molecule has 2 heterocycles. The predicted octanol–water partition coefficient (Wildman–Crippen LogP) is 3.99. The van der Waals surface area contributed by atoms with Gasteiger partial charge in [-0.2, -0.15) is 0 Å². The molecule has 29 heavy (non-hydrogen) atoms. The van der Waals surface area contributed by atoms with Crippen LogP contribution in [0.5, 0.6) is 5.75 Å². The maximum Gasteiger partial charge on any atom is 0.319 e. The van der Waals surface area contributed by atoms with Crippen molar-refractivity contribution in [1.29, 1.82) is 0 Å². The summed E-state index contributed by atoms with van der Waals surface area (Å²) in [6.07, 6.45) is 1.48. The van der Waals surface area contributed by atoms with Crippen molar-refractivity contribution in [3.63, 3.8) is 0 Å². The summed E-state index contributed by atoms with van der Waals surface area (Å²) in [5.74, 6) is 1.40. The standard InChI is InChI=1S/C22H23N3O3S/c1-15-14-19(21(26)28-15)29-22-24-23-20(17-8-10-18(27-2)11-9-17)25(22)13-12-16-6-4-3-5-7-16/h3-11,15,19H,12-14H2,1-2H3/t15-,19+/m0/s1. The van der Waals surface area contributed by atoms with Crippen molar-refractivity contribution in [2.75, 3.05) is 7.11 Å². The Morgan fingerprint density at radius 2 is 1.90 bits per heavy atom. The molecule has 6 nitrogen and oxygen atoms in total. The number of carbonyl (C=O) groups is 1. The Morgan fingerprint density at radius 1 is 1.14 bits per heavy atom. The minimum atomic E-state index is -0.242. The number of hydrogen-bond donors (Lipinski definition) is 0. The zero-order valence-corrected chi connectivity index (χ0v) is 17.3. The summed E-state index contributed by atoms with van der Waals surface area (Å²) in [6.45, 7) is 2.64. The van der Waals surface area contributed by atoms with E-state index in [9.17, 15) is 4.79 Å². The van der Waals surface area contributed by atoms with Crippen molar-refractivity contribution in [1.82, 2.24) is 14.8 Å². The van der Waals surface area contributed by atoms with Crippen molar-refractivity contribution < 1.29 is 14.3 Å². The van der Waals surface area contributed by atoms with Crippen LogP contribution in [-0.2, 0) is 22.5 Å². The van der Waals surface area contributed by atoms with Crippen LogP contribution in [0.3, 0.4) is 0 Å². The van der Waals surface area contributed by atoms with E-state index in [4.69, 9.17) is 9.47 Å². The van der Waals surface area contributed by atoms with Gasteiger partial charge in [0.2, 0.25) is 0 Å². The lowest BCUT2D eigenvalue weighted by atomic mass is 10.1. The fourth-order valence-corrected chi connectivity index (χ4v) is 4.53. The number of carbonyl (C=O) groups excluding carboxylic acids is 1. The monoisotopic (exact) mass is 409 g/mol. The molecule has 2 aromatic carbocycles. The Balaban J connectivity index is 1.63. The van der Waals surface area contributed by atoms with E-state index in [0.29, 0.717) is 6.42 Å². The normalized spacial score (nSPS) is 18.6. The third-order valence-corrected chi connectivity index (χ3v) is 6.09. The predicted molar refractivity (Wildman–Crippen MR) is 112 cm³/mol. The lowest BCUT2D eigenvalue weighted by molar-refractivity contribution is -0.140. The van der Waals surface area contributed by atoms with Gasteiger partial charge in [0, 0.05) is 18.5 Å². The van der Waals surface area contributed by atoms with Crippen LogP contribution in [0.1, 0.15) is 18.9 Å². The van der Waals surface area contributed by atoms with Crippen LogP contribution in [0.2, 0.25) is 0 Å². The Bertz CT molecular complexity index is 973. The highest BCUT2D eigenvalue weighted by molar-refractivity contribution is 8.00. The van der Waals surface area contributed by atoms with Gasteiger partial charge >= 0.3 is 5.97 Å². The fraction of sp³-hybridized carbons (Fsp3) is 0.318. The first-order valence-electron chi connectivity index (χ1n) is 9.62. The number of aromatic nitrogens is 3. The van der Waals surface area contributed by atoms with Gasteiger partial charge in [-0.3, -0.25) is 4.79 Å². The summed E-state index contributed by atoms with van der Waals surface area (Å²) < 4.78 is 12.7. The molecule has 4 rings (SSSR count). The molecule has 0 bridgehead atoms. The Morgan fingerprint density at radius 3 is 2.55 bits per heavy atom. The number of ether oxygens (including phenoxy) is 2. The zero-order valence-electron chi connectivity index (χ0n) is 16.4. The largest absolute Gasteiger partial charge is 0.497 e. The summed E-state index contributed by atoms with van der Waals surface area (Å²) in [5, 5.41) is 9.34. The van der Waals surface area contributed by atoms with Crippen molar-refractivity contribution in [2.24, 2.45) is 0 Å². The number of benzene rings is 2. The molecule has 1 aromatic heterocycles. The first kappa shape index (κ1) is 19.5. The Kier molecular flexibility index (Phi) is 5.85. The second-order valence-corrected chi connectivity index (χ2v) is 8.18. The number of rotatable bonds is 7. The van der Waals surface area contributed by atoms with E-state index in [-0.39, 0.29) is 17.3 Å². The lowest BCUT2D eigenvalue weighted by Crippen LogP contribution is -2.12. The third kappa shape index (κ3) is 4.45. The van der Waals surface area contributed by atoms with Gasteiger partial charge < -0.3 is 14.0 Å². The maximum absolute atomic E-state index is 12.1. The SMILES string of the molecule is COc1ccc(-c2nnc(S[C@@H]3C[C@H](C)OC3=O)n2CCc2ccccc2)cc1. The molecule has 3 aromatic rings. The van der Waals surface area contributed by atoms with Crippen LogP contribution < -0.4 is 4.74 Å². The molecule has 1 aliphatic rings. The van der Waals surface area contributed by atoms with Crippen LogP contribution in [0.15, 0.2) is 59.8 Å². The van der Waals surface area contributed by atoms with Gasteiger partial charge in [0.25, 0.3) is 0 Å². The number of cyclic esters (lactones) is 1. The van der Waals surface area contributed by atoms with Gasteiger partial charge in [-0.25, -0.2) is 0 Å². The molecular formula is C22H23N3O3S. The topological polar surface area (TPSA) is 66.2 Å². The number of aryl methyl sites for hydroxylation is 1. The van der Waals surface area contributed by atoms with E-state index in [2.05, 4.69) is 26.9 Å². The molecule has 0 saturated carbocycles. The molecule has 1 fully saturated rings. The highest BCUT2D eigenvalue weighted by Crippen LogP contribution is 2.33. The molecule has 0 amide bonds. The smallest absolute Gasteiger partial charge is 0.319 e. The molecule has 0 aliphatic carbocycles. The summed E-state index contributed by atoms with van der Waals surface area (Å²) in [7, 11) is 1.65. The van der Waals surface area contributed by atoms with Crippen molar-refractivity contribution in [3.05, 3.63) is 60.2 Å². The van der Waals surface area contributed by atoms with Crippen LogP contribution in [0.25, 0.3) is 11.4 Å². The van der Waals surface area contributed by atoms with Gasteiger partial charge in [0.05, 0.1) is 7.11 Å². The molecule has 2 atom stereocenters. The minimum absolute atomic E-state index is 0.0539. The number of hydrogen-bond acceptors (Lipinski definition) is 6. The van der Waals surface area contributed by atoms with Crippen LogP contribution in [0.4, 0.5) is 0 Å². The highest BCUT2D eigenvalue weighted by Gasteiger charge is 2.34. The fourth-order valence-electron chi connectivity index (χ4n) is 3.36. The molecule has 1 saturated heterocycles. The minimum Gasteiger partial charge on any atom is -0.497 e. The van der Waals surface area contributed by atoms with Crippen LogP contribution in [-0.4, -0.2) is 39.2 Å². The van der Waals surface area contributed by atoms with E-state index in [1.807, 2.05) is 49.4 Å². The Labute approximate surface area is 174 Å². The third-order valence-electron chi connectivity index (χ3n) is 4.91. The highest BCUT2D eigenvalue weighted by atomic mass is 32.2. The van der Waals surface area contributed by atoms with Crippen LogP contribution in [0, 0.1) is 0 Å². The second-order valence-electron chi connectivity index (χ2n) is 7.01. The second kappa shape index (κ2) is 8.69. The van der Waals surface area contributed by atoms with Crippen molar-refractivity contribution >= 4 is 17.7 Å². The molecule has 150 valence electrons. The molecule has 0 unspecified atom stereocenters. The van der Waals surface area contributed by atoms with Crippen molar-refractivity contribution in [3.8, 4) is 17.1 Å². The number of esters is 1. The zero-order chi connectivity index (χ0) is 20.2. The van der Waals surface area contributed by atoms with E-state index < -0.39 is 0 Å². The van der Waals surface area contributed by atoms with E-state index in [1.54, 1.807) is 7.11 Å². The van der Waals surface area contributed by atoms with Gasteiger partial charge in [-0.1, -0.05) is 42.1 Å². The molecule has 0 N–H and O–H groups in total. The van der Waals surface area contributed by atoms with E-state index in [1.165, 1.54) is 17.3 Å². The van der Waals surface area contributed by atoms with Crippen molar-refractivity contribution in [2.45, 2.75) is 42.8 Å². The van der Waals surface area contributed by atoms with Gasteiger partial charge in [0.1, 0.15) is 17.1 Å². The number of nitrogens with zero attached hydrogens (tertiary/aromatic N) is 3. The molecule has 0 radical (unpaired) electrons. The molecule has 1 aliphatic heterocycles.